The Kier molecular flexibility index (Phi) is 5.97. The van der Waals surface area contributed by atoms with Crippen LogP contribution in [0.2, 0.25) is 5.02 Å². The molecule has 0 saturated heterocycles. The lowest BCUT2D eigenvalue weighted by atomic mass is 10.1. The Hall–Kier alpha value is -0.730. The molecule has 0 saturated carbocycles. The van der Waals surface area contributed by atoms with Crippen LogP contribution < -0.4 is 10.1 Å². The molecule has 1 N–H and O–H groups in total. The van der Waals surface area contributed by atoms with Crippen molar-refractivity contribution in [1.29, 1.82) is 0 Å². The van der Waals surface area contributed by atoms with Crippen LogP contribution in [0.4, 0.5) is 0 Å². The van der Waals surface area contributed by atoms with E-state index in [1.165, 1.54) is 0 Å². The van der Waals surface area contributed by atoms with Crippen molar-refractivity contribution in [1.82, 2.24) is 5.32 Å². The summed E-state index contributed by atoms with van der Waals surface area (Å²) >= 11 is 5.96. The van der Waals surface area contributed by atoms with Crippen LogP contribution in [-0.2, 0) is 0 Å². The lowest BCUT2D eigenvalue weighted by molar-refractivity contribution is 0.301. The molecule has 3 heteroatoms. The molecule has 0 unspecified atom stereocenters. The Balaban J connectivity index is 2.16. The van der Waals surface area contributed by atoms with Gasteiger partial charge < -0.3 is 10.1 Å². The van der Waals surface area contributed by atoms with E-state index in [2.05, 4.69) is 26.1 Å². The van der Waals surface area contributed by atoms with Crippen molar-refractivity contribution in [2.24, 2.45) is 0 Å². The fourth-order valence-corrected chi connectivity index (χ4v) is 1.70. The van der Waals surface area contributed by atoms with E-state index in [-0.39, 0.29) is 5.54 Å². The fourth-order valence-electron chi connectivity index (χ4n) is 1.59. The van der Waals surface area contributed by atoms with Crippen molar-refractivity contribution in [2.45, 2.75) is 46.1 Å². The molecule has 2 nitrogen and oxygen atoms in total. The SMILES string of the molecule is Cc1cc(OCCCCNC(C)(C)C)ccc1Cl. The van der Waals surface area contributed by atoms with Gasteiger partial charge in [0.05, 0.1) is 6.61 Å². The maximum atomic E-state index is 5.96. The molecule has 0 aromatic heterocycles. The van der Waals surface area contributed by atoms with Crippen molar-refractivity contribution in [3.05, 3.63) is 28.8 Å². The van der Waals surface area contributed by atoms with E-state index < -0.39 is 0 Å². The van der Waals surface area contributed by atoms with Crippen LogP contribution in [0.5, 0.6) is 5.75 Å². The van der Waals surface area contributed by atoms with Gasteiger partial charge in [-0.1, -0.05) is 11.6 Å². The third-order valence-corrected chi connectivity index (χ3v) is 3.05. The number of hydrogen-bond donors (Lipinski definition) is 1. The highest BCUT2D eigenvalue weighted by atomic mass is 35.5. The molecular formula is C15H24ClNO. The van der Waals surface area contributed by atoms with Gasteiger partial charge in [0.2, 0.25) is 0 Å². The summed E-state index contributed by atoms with van der Waals surface area (Å²) in [5.74, 6) is 0.903. The molecule has 0 radical (unpaired) electrons. The van der Waals surface area contributed by atoms with Gasteiger partial charge in [-0.25, -0.2) is 0 Å². The van der Waals surface area contributed by atoms with Crippen molar-refractivity contribution >= 4 is 11.6 Å². The first-order valence-electron chi connectivity index (χ1n) is 6.52. The molecule has 0 aliphatic rings. The third kappa shape index (κ3) is 6.27. The number of nitrogens with one attached hydrogen (secondary N) is 1. The van der Waals surface area contributed by atoms with Gasteiger partial charge in [0.15, 0.2) is 0 Å². The first-order chi connectivity index (χ1) is 8.38. The summed E-state index contributed by atoms with van der Waals surface area (Å²) in [6.45, 7) is 10.3. The molecule has 1 aromatic carbocycles. The zero-order valence-corrected chi connectivity index (χ0v) is 12.6. The molecule has 0 atom stereocenters. The van der Waals surface area contributed by atoms with Gasteiger partial charge in [-0.2, -0.15) is 0 Å². The second-order valence-electron chi connectivity index (χ2n) is 5.64. The maximum absolute atomic E-state index is 5.96. The molecule has 0 bridgehead atoms. The number of rotatable bonds is 6. The van der Waals surface area contributed by atoms with Crippen LogP contribution in [0.25, 0.3) is 0 Å². The number of aryl methyl sites for hydroxylation is 1. The van der Waals surface area contributed by atoms with Crippen molar-refractivity contribution in [3.8, 4) is 5.75 Å². The number of unbranched alkanes of at least 4 members (excludes halogenated alkanes) is 1. The van der Waals surface area contributed by atoms with Crippen LogP contribution in [0.15, 0.2) is 18.2 Å². The highest BCUT2D eigenvalue weighted by Crippen LogP contribution is 2.21. The standard InChI is InChI=1S/C15H24ClNO/c1-12-11-13(7-8-14(12)16)18-10-6-5-9-17-15(2,3)4/h7-8,11,17H,5-6,9-10H2,1-4H3. The summed E-state index contributed by atoms with van der Waals surface area (Å²) in [5, 5.41) is 4.25. The normalized spacial score (nSPS) is 11.6. The second-order valence-corrected chi connectivity index (χ2v) is 6.05. The lowest BCUT2D eigenvalue weighted by Gasteiger charge is -2.20. The van der Waals surface area contributed by atoms with Crippen LogP contribution in [-0.4, -0.2) is 18.7 Å². The summed E-state index contributed by atoms with van der Waals surface area (Å²) in [7, 11) is 0. The van der Waals surface area contributed by atoms with Crippen molar-refractivity contribution < 1.29 is 4.74 Å². The summed E-state index contributed by atoms with van der Waals surface area (Å²) in [5.41, 5.74) is 1.26. The summed E-state index contributed by atoms with van der Waals surface area (Å²) in [4.78, 5) is 0. The molecule has 0 aliphatic heterocycles. The highest BCUT2D eigenvalue weighted by Gasteiger charge is 2.06. The van der Waals surface area contributed by atoms with Crippen LogP contribution in [0.1, 0.15) is 39.2 Å². The van der Waals surface area contributed by atoms with Gasteiger partial charge in [0, 0.05) is 10.6 Å². The minimum absolute atomic E-state index is 0.203. The average Bonchev–Trinajstić information content (AvgIpc) is 2.26. The van der Waals surface area contributed by atoms with E-state index in [0.29, 0.717) is 0 Å². The topological polar surface area (TPSA) is 21.3 Å². The average molecular weight is 270 g/mol. The minimum atomic E-state index is 0.203. The molecule has 0 spiro atoms. The number of hydrogen-bond acceptors (Lipinski definition) is 2. The highest BCUT2D eigenvalue weighted by molar-refractivity contribution is 6.31. The largest absolute Gasteiger partial charge is 0.494 e. The second kappa shape index (κ2) is 7.01. The van der Waals surface area contributed by atoms with Crippen LogP contribution >= 0.6 is 11.6 Å². The molecule has 1 rings (SSSR count). The van der Waals surface area contributed by atoms with Crippen molar-refractivity contribution in [2.75, 3.05) is 13.2 Å². The number of benzene rings is 1. The Labute approximate surface area is 116 Å². The minimum Gasteiger partial charge on any atom is -0.494 e. The first-order valence-corrected chi connectivity index (χ1v) is 6.90. The van der Waals surface area contributed by atoms with Gasteiger partial charge in [-0.05, 0) is 70.8 Å². The summed E-state index contributed by atoms with van der Waals surface area (Å²) < 4.78 is 5.69. The van der Waals surface area contributed by atoms with E-state index in [1.54, 1.807) is 0 Å². The van der Waals surface area contributed by atoms with Crippen LogP contribution in [0, 0.1) is 6.92 Å². The molecule has 18 heavy (non-hydrogen) atoms. The van der Waals surface area contributed by atoms with E-state index in [0.717, 1.165) is 42.3 Å². The number of ether oxygens (including phenoxy) is 1. The molecule has 0 fully saturated rings. The van der Waals surface area contributed by atoms with Gasteiger partial charge >= 0.3 is 0 Å². The number of halogens is 1. The fraction of sp³-hybridized carbons (Fsp3) is 0.600. The first kappa shape index (κ1) is 15.3. The summed E-state index contributed by atoms with van der Waals surface area (Å²) in [6.07, 6.45) is 2.19. The van der Waals surface area contributed by atoms with Gasteiger partial charge in [0.25, 0.3) is 0 Å². The van der Waals surface area contributed by atoms with E-state index in [1.807, 2.05) is 25.1 Å². The van der Waals surface area contributed by atoms with E-state index in [4.69, 9.17) is 16.3 Å². The predicted molar refractivity (Wildman–Crippen MR) is 78.7 cm³/mol. The quantitative estimate of drug-likeness (QED) is 0.782. The predicted octanol–water partition coefficient (Wildman–Crippen LogP) is 4.20. The Morgan fingerprint density at radius 2 is 1.94 bits per heavy atom. The smallest absolute Gasteiger partial charge is 0.119 e. The zero-order valence-electron chi connectivity index (χ0n) is 11.8. The molecule has 0 amide bonds. The van der Waals surface area contributed by atoms with Gasteiger partial charge in [-0.15, -0.1) is 0 Å². The third-order valence-electron chi connectivity index (χ3n) is 2.62. The molecule has 102 valence electrons. The van der Waals surface area contributed by atoms with Crippen LogP contribution in [0.3, 0.4) is 0 Å². The van der Waals surface area contributed by atoms with E-state index in [9.17, 15) is 0 Å². The zero-order chi connectivity index (χ0) is 13.6. The Bertz CT molecular complexity index is 371. The molecule has 1 aromatic rings. The van der Waals surface area contributed by atoms with Gasteiger partial charge in [0.1, 0.15) is 5.75 Å². The summed E-state index contributed by atoms with van der Waals surface area (Å²) in [6, 6.07) is 5.78. The lowest BCUT2D eigenvalue weighted by Crippen LogP contribution is -2.36. The van der Waals surface area contributed by atoms with E-state index >= 15 is 0 Å². The maximum Gasteiger partial charge on any atom is 0.119 e. The Morgan fingerprint density at radius 3 is 2.56 bits per heavy atom. The van der Waals surface area contributed by atoms with Gasteiger partial charge in [-0.3, -0.25) is 0 Å². The molecular weight excluding hydrogens is 246 g/mol. The monoisotopic (exact) mass is 269 g/mol. The van der Waals surface area contributed by atoms with Crippen molar-refractivity contribution in [3.63, 3.8) is 0 Å². The molecule has 0 aliphatic carbocycles. The Morgan fingerprint density at radius 1 is 1.22 bits per heavy atom. The molecule has 0 heterocycles.